The highest BCUT2D eigenvalue weighted by Crippen LogP contribution is 2.16. The van der Waals surface area contributed by atoms with Gasteiger partial charge in [0.15, 0.2) is 0 Å². The van der Waals surface area contributed by atoms with Crippen molar-refractivity contribution in [1.29, 1.82) is 0 Å². The van der Waals surface area contributed by atoms with E-state index in [2.05, 4.69) is 10.6 Å². The summed E-state index contributed by atoms with van der Waals surface area (Å²) in [4.78, 5) is 12.1. The summed E-state index contributed by atoms with van der Waals surface area (Å²) >= 11 is 0. The predicted molar refractivity (Wildman–Crippen MR) is 94.4 cm³/mol. The predicted octanol–water partition coefficient (Wildman–Crippen LogP) is 4.07. The molecular weight excluding hydrogens is 334 g/mol. The first kappa shape index (κ1) is 20.1. The zero-order valence-corrected chi connectivity index (χ0v) is 14.3. The van der Waals surface area contributed by atoms with Gasteiger partial charge in [-0.2, -0.15) is 0 Å². The maximum absolute atomic E-state index is 13.5. The second-order valence-electron chi connectivity index (χ2n) is 5.22. The molecule has 2 N–H and O–H groups in total. The number of hydrogen-bond acceptors (Lipinski definition) is 2. The lowest BCUT2D eigenvalue weighted by Gasteiger charge is -2.11. The molecule has 1 amide bonds. The van der Waals surface area contributed by atoms with Gasteiger partial charge in [0.05, 0.1) is 0 Å². The Morgan fingerprint density at radius 1 is 1.08 bits per heavy atom. The lowest BCUT2D eigenvalue weighted by Crippen LogP contribution is -2.17. The number of nitrogens with one attached hydrogen (secondary N) is 2. The van der Waals surface area contributed by atoms with Crippen LogP contribution in [0.25, 0.3) is 0 Å². The Kier molecular flexibility index (Phi) is 8.36. The van der Waals surface area contributed by atoms with Crippen LogP contribution in [0.15, 0.2) is 42.5 Å². The Morgan fingerprint density at radius 3 is 2.58 bits per heavy atom. The molecule has 0 atom stereocenters. The fourth-order valence-corrected chi connectivity index (χ4v) is 2.25. The van der Waals surface area contributed by atoms with Crippen LogP contribution < -0.4 is 10.6 Å². The van der Waals surface area contributed by atoms with Crippen LogP contribution in [0, 0.1) is 11.6 Å². The number of para-hydroxylation sites is 1. The standard InChI is InChI=1S/C18H20F2N2O.ClH/c1-2-21-12-14-5-3-4-6-17(14)22-18(23)10-7-13-11-15(19)8-9-16(13)20;/h3-6,8-9,11,21H,2,7,10,12H2,1H3,(H,22,23);1H. The molecule has 130 valence electrons. The van der Waals surface area contributed by atoms with Crippen molar-refractivity contribution in [3.63, 3.8) is 0 Å². The van der Waals surface area contributed by atoms with Crippen LogP contribution >= 0.6 is 12.4 Å². The number of anilines is 1. The largest absolute Gasteiger partial charge is 0.326 e. The van der Waals surface area contributed by atoms with Crippen molar-refractivity contribution < 1.29 is 13.6 Å². The highest BCUT2D eigenvalue weighted by atomic mass is 35.5. The van der Waals surface area contributed by atoms with E-state index in [1.54, 1.807) is 0 Å². The molecule has 0 spiro atoms. The molecule has 0 aliphatic rings. The van der Waals surface area contributed by atoms with Gasteiger partial charge in [-0.25, -0.2) is 8.78 Å². The molecule has 2 aromatic carbocycles. The van der Waals surface area contributed by atoms with Gasteiger partial charge < -0.3 is 10.6 Å². The third kappa shape index (κ3) is 5.91. The zero-order valence-electron chi connectivity index (χ0n) is 13.4. The van der Waals surface area contributed by atoms with Gasteiger partial charge in [0, 0.05) is 18.7 Å². The number of hydrogen-bond donors (Lipinski definition) is 2. The van der Waals surface area contributed by atoms with Crippen molar-refractivity contribution in [3.05, 3.63) is 65.2 Å². The average Bonchev–Trinajstić information content (AvgIpc) is 2.55. The van der Waals surface area contributed by atoms with E-state index in [1.165, 1.54) is 0 Å². The number of halogens is 3. The molecule has 0 saturated heterocycles. The first-order valence-electron chi connectivity index (χ1n) is 7.62. The average molecular weight is 355 g/mol. The molecule has 0 bridgehead atoms. The molecule has 0 unspecified atom stereocenters. The fourth-order valence-electron chi connectivity index (χ4n) is 2.25. The van der Waals surface area contributed by atoms with E-state index < -0.39 is 11.6 Å². The molecule has 0 aliphatic heterocycles. The Labute approximate surface area is 146 Å². The Hall–Kier alpha value is -1.98. The van der Waals surface area contributed by atoms with Crippen LogP contribution in [-0.2, 0) is 17.8 Å². The highest BCUT2D eigenvalue weighted by Gasteiger charge is 2.09. The van der Waals surface area contributed by atoms with Crippen LogP contribution in [0.4, 0.5) is 14.5 Å². The molecule has 2 rings (SSSR count). The summed E-state index contributed by atoms with van der Waals surface area (Å²) in [5.74, 6) is -1.22. The van der Waals surface area contributed by atoms with Crippen LogP contribution in [0.2, 0.25) is 0 Å². The Balaban J connectivity index is 0.00000288. The molecule has 0 heterocycles. The smallest absolute Gasteiger partial charge is 0.224 e. The van der Waals surface area contributed by atoms with E-state index in [9.17, 15) is 13.6 Å². The monoisotopic (exact) mass is 354 g/mol. The van der Waals surface area contributed by atoms with Crippen molar-refractivity contribution in [2.45, 2.75) is 26.3 Å². The van der Waals surface area contributed by atoms with Crippen molar-refractivity contribution >= 4 is 24.0 Å². The topological polar surface area (TPSA) is 41.1 Å². The Morgan fingerprint density at radius 2 is 1.83 bits per heavy atom. The lowest BCUT2D eigenvalue weighted by molar-refractivity contribution is -0.116. The van der Waals surface area contributed by atoms with E-state index in [-0.39, 0.29) is 36.7 Å². The van der Waals surface area contributed by atoms with Gasteiger partial charge in [0.1, 0.15) is 11.6 Å². The summed E-state index contributed by atoms with van der Waals surface area (Å²) in [6.45, 7) is 3.50. The number of carbonyl (C=O) groups excluding carboxylic acids is 1. The van der Waals surface area contributed by atoms with Crippen LogP contribution in [0.1, 0.15) is 24.5 Å². The molecule has 0 radical (unpaired) electrons. The van der Waals surface area contributed by atoms with E-state index in [4.69, 9.17) is 0 Å². The summed E-state index contributed by atoms with van der Waals surface area (Å²) in [7, 11) is 0. The van der Waals surface area contributed by atoms with Crippen molar-refractivity contribution in [1.82, 2.24) is 5.32 Å². The number of benzene rings is 2. The van der Waals surface area contributed by atoms with Gasteiger partial charge in [-0.3, -0.25) is 4.79 Å². The molecule has 6 heteroatoms. The SMILES string of the molecule is CCNCc1ccccc1NC(=O)CCc1cc(F)ccc1F.Cl. The third-order valence-corrected chi connectivity index (χ3v) is 3.49. The fraction of sp³-hybridized carbons (Fsp3) is 0.278. The maximum Gasteiger partial charge on any atom is 0.224 e. The maximum atomic E-state index is 13.5. The second-order valence-corrected chi connectivity index (χ2v) is 5.22. The van der Waals surface area contributed by atoms with Gasteiger partial charge in [0.2, 0.25) is 5.91 Å². The van der Waals surface area contributed by atoms with Gasteiger partial charge in [-0.05, 0) is 48.4 Å². The molecule has 0 saturated carbocycles. The molecule has 3 nitrogen and oxygen atoms in total. The Bertz CT molecular complexity index is 680. The third-order valence-electron chi connectivity index (χ3n) is 3.49. The number of carbonyl (C=O) groups is 1. The van der Waals surface area contributed by atoms with Crippen molar-refractivity contribution in [2.75, 3.05) is 11.9 Å². The van der Waals surface area contributed by atoms with Gasteiger partial charge in [0.25, 0.3) is 0 Å². The lowest BCUT2D eigenvalue weighted by atomic mass is 10.1. The molecule has 2 aromatic rings. The van der Waals surface area contributed by atoms with E-state index in [0.29, 0.717) is 6.54 Å². The molecule has 24 heavy (non-hydrogen) atoms. The summed E-state index contributed by atoms with van der Waals surface area (Å²) in [6.07, 6.45) is 0.251. The number of rotatable bonds is 7. The molecular formula is C18H21ClF2N2O. The zero-order chi connectivity index (χ0) is 16.7. The minimum absolute atomic E-state index is 0. The van der Waals surface area contributed by atoms with E-state index in [0.717, 1.165) is 36.0 Å². The van der Waals surface area contributed by atoms with E-state index in [1.807, 2.05) is 31.2 Å². The quantitative estimate of drug-likeness (QED) is 0.787. The van der Waals surface area contributed by atoms with Crippen LogP contribution in [0.5, 0.6) is 0 Å². The summed E-state index contributed by atoms with van der Waals surface area (Å²) in [5, 5.41) is 6.04. The molecule has 0 fully saturated rings. The number of amides is 1. The summed E-state index contributed by atoms with van der Waals surface area (Å²) < 4.78 is 26.7. The van der Waals surface area contributed by atoms with Crippen molar-refractivity contribution in [3.8, 4) is 0 Å². The normalized spacial score (nSPS) is 10.1. The minimum Gasteiger partial charge on any atom is -0.326 e. The van der Waals surface area contributed by atoms with Crippen molar-refractivity contribution in [2.24, 2.45) is 0 Å². The highest BCUT2D eigenvalue weighted by molar-refractivity contribution is 5.91. The van der Waals surface area contributed by atoms with Gasteiger partial charge >= 0.3 is 0 Å². The summed E-state index contributed by atoms with van der Waals surface area (Å²) in [5.41, 5.74) is 1.93. The first-order chi connectivity index (χ1) is 11.1. The molecule has 0 aromatic heterocycles. The minimum atomic E-state index is -0.502. The van der Waals surface area contributed by atoms with Gasteiger partial charge in [-0.1, -0.05) is 25.1 Å². The van der Waals surface area contributed by atoms with E-state index >= 15 is 0 Å². The van der Waals surface area contributed by atoms with Gasteiger partial charge in [-0.15, -0.1) is 12.4 Å². The summed E-state index contributed by atoms with van der Waals surface area (Å²) in [6, 6.07) is 10.8. The second kappa shape index (κ2) is 10.0. The molecule has 0 aliphatic carbocycles. The van der Waals surface area contributed by atoms with Crippen LogP contribution in [0.3, 0.4) is 0 Å². The first-order valence-corrected chi connectivity index (χ1v) is 7.62. The number of aryl methyl sites for hydroxylation is 1. The van der Waals surface area contributed by atoms with Crippen LogP contribution in [-0.4, -0.2) is 12.5 Å².